The molecule has 152 valence electrons. The van der Waals surface area contributed by atoms with Crippen molar-refractivity contribution in [3.63, 3.8) is 0 Å². The minimum atomic E-state index is -3.61. The van der Waals surface area contributed by atoms with Crippen molar-refractivity contribution in [2.75, 3.05) is 19.6 Å². The van der Waals surface area contributed by atoms with Gasteiger partial charge in [-0.3, -0.25) is 4.79 Å². The quantitative estimate of drug-likeness (QED) is 0.729. The van der Waals surface area contributed by atoms with Crippen molar-refractivity contribution < 1.29 is 17.9 Å². The van der Waals surface area contributed by atoms with Crippen LogP contribution in [0.15, 0.2) is 23.1 Å². The fourth-order valence-corrected chi connectivity index (χ4v) is 5.38. The van der Waals surface area contributed by atoms with Gasteiger partial charge in [0.25, 0.3) is 0 Å². The Morgan fingerprint density at radius 3 is 2.89 bits per heavy atom. The maximum Gasteiger partial charge on any atom is 0.243 e. The Bertz CT molecular complexity index is 772. The highest BCUT2D eigenvalue weighted by atomic mass is 35.5. The van der Waals surface area contributed by atoms with Crippen LogP contribution in [0.5, 0.6) is 5.75 Å². The van der Waals surface area contributed by atoms with Crippen molar-refractivity contribution >= 4 is 28.3 Å². The molecule has 1 amide bonds. The fraction of sp³-hybridized carbons (Fsp3) is 0.611. The molecule has 2 unspecified atom stereocenters. The van der Waals surface area contributed by atoms with Gasteiger partial charge in [-0.25, -0.2) is 8.42 Å². The average Bonchev–Trinajstić information content (AvgIpc) is 2.99. The lowest BCUT2D eigenvalue weighted by atomic mass is 10.1. The van der Waals surface area contributed by atoms with Crippen molar-refractivity contribution in [2.45, 2.75) is 56.1 Å². The van der Waals surface area contributed by atoms with Crippen LogP contribution in [0, 0.1) is 0 Å². The number of benzene rings is 1. The molecule has 1 fully saturated rings. The Balaban J connectivity index is 0.00000261. The number of nitrogens with zero attached hydrogens (tertiary/aromatic N) is 1. The molecule has 1 aromatic carbocycles. The Kier molecular flexibility index (Phi) is 7.50. The zero-order valence-electron chi connectivity index (χ0n) is 15.5. The molecule has 0 spiro atoms. The smallest absolute Gasteiger partial charge is 0.243 e. The van der Waals surface area contributed by atoms with Gasteiger partial charge in [0.05, 0.1) is 4.90 Å². The number of nitrogens with two attached hydrogens (primary N) is 1. The molecular formula is C18H28ClN3O4S. The van der Waals surface area contributed by atoms with Crippen molar-refractivity contribution in [1.29, 1.82) is 0 Å². The number of nitrogens with one attached hydrogen (secondary N) is 1. The molecule has 1 aromatic rings. The molecule has 0 radical (unpaired) electrons. The highest BCUT2D eigenvalue weighted by molar-refractivity contribution is 7.89. The van der Waals surface area contributed by atoms with E-state index >= 15 is 0 Å². The number of hydrogen-bond donors (Lipinski definition) is 2. The summed E-state index contributed by atoms with van der Waals surface area (Å²) in [5.74, 6) is 0.625. The molecule has 7 nitrogen and oxygen atoms in total. The van der Waals surface area contributed by atoms with E-state index in [2.05, 4.69) is 5.32 Å². The number of fused-ring (bicyclic) bond motifs is 1. The van der Waals surface area contributed by atoms with Crippen LogP contribution in [0.3, 0.4) is 0 Å². The highest BCUT2D eigenvalue weighted by Gasteiger charge is 2.34. The monoisotopic (exact) mass is 417 g/mol. The van der Waals surface area contributed by atoms with Crippen LogP contribution in [0.1, 0.15) is 38.2 Å². The minimum absolute atomic E-state index is 0. The molecule has 2 atom stereocenters. The van der Waals surface area contributed by atoms with Gasteiger partial charge in [0, 0.05) is 38.5 Å². The topological polar surface area (TPSA) is 102 Å². The largest absolute Gasteiger partial charge is 0.490 e. The van der Waals surface area contributed by atoms with Crippen LogP contribution in [0.25, 0.3) is 0 Å². The number of rotatable bonds is 6. The van der Waals surface area contributed by atoms with Crippen LogP contribution >= 0.6 is 12.4 Å². The number of carbonyl (C=O) groups is 1. The number of hydrogen-bond acceptors (Lipinski definition) is 5. The molecule has 27 heavy (non-hydrogen) atoms. The fourth-order valence-electron chi connectivity index (χ4n) is 3.64. The Morgan fingerprint density at radius 2 is 2.15 bits per heavy atom. The van der Waals surface area contributed by atoms with Gasteiger partial charge < -0.3 is 15.8 Å². The maximum atomic E-state index is 13.2. The lowest BCUT2D eigenvalue weighted by Crippen LogP contribution is -2.49. The van der Waals surface area contributed by atoms with E-state index in [4.69, 9.17) is 10.5 Å². The van der Waals surface area contributed by atoms with Gasteiger partial charge >= 0.3 is 0 Å². The summed E-state index contributed by atoms with van der Waals surface area (Å²) in [6.07, 6.45) is 3.58. The van der Waals surface area contributed by atoms with Crippen LogP contribution in [-0.4, -0.2) is 50.4 Å². The van der Waals surface area contributed by atoms with Crippen LogP contribution < -0.4 is 15.8 Å². The van der Waals surface area contributed by atoms with E-state index in [9.17, 15) is 13.2 Å². The summed E-state index contributed by atoms with van der Waals surface area (Å²) in [7, 11) is -3.61. The average molecular weight is 418 g/mol. The third kappa shape index (κ3) is 4.93. The molecule has 0 bridgehead atoms. The number of ether oxygens (including phenoxy) is 1. The zero-order valence-corrected chi connectivity index (χ0v) is 17.2. The first-order valence-electron chi connectivity index (χ1n) is 9.20. The second kappa shape index (κ2) is 9.23. The molecule has 2 aliphatic heterocycles. The molecule has 2 heterocycles. The van der Waals surface area contributed by atoms with Crippen molar-refractivity contribution in [1.82, 2.24) is 9.62 Å². The lowest BCUT2D eigenvalue weighted by molar-refractivity contribution is -0.121. The van der Waals surface area contributed by atoms with E-state index < -0.39 is 10.0 Å². The normalized spacial score (nSPS) is 22.4. The highest BCUT2D eigenvalue weighted by Crippen LogP contribution is 2.33. The standard InChI is InChI=1S/C18H27N3O4S.ClH/c1-13-10-14-11-16(5-6-17(14)25-13)26(23,24)21-9-3-2-4-15(21)12-20-18(22)7-8-19;/h5-6,11,13,15H,2-4,7-10,12,19H2,1H3,(H,20,22);1H. The summed E-state index contributed by atoms with van der Waals surface area (Å²) in [6, 6.07) is 4.87. The first kappa shape index (κ1) is 21.9. The number of sulfonamides is 1. The van der Waals surface area contributed by atoms with Crippen LogP contribution in [-0.2, 0) is 21.2 Å². The van der Waals surface area contributed by atoms with Gasteiger partial charge in [0.15, 0.2) is 0 Å². The third-order valence-corrected chi connectivity index (χ3v) is 6.90. The summed E-state index contributed by atoms with van der Waals surface area (Å²) in [4.78, 5) is 12.0. The van der Waals surface area contributed by atoms with Gasteiger partial charge in [0.1, 0.15) is 11.9 Å². The van der Waals surface area contributed by atoms with Crippen molar-refractivity contribution in [3.05, 3.63) is 23.8 Å². The lowest BCUT2D eigenvalue weighted by Gasteiger charge is -2.34. The first-order chi connectivity index (χ1) is 12.4. The summed E-state index contributed by atoms with van der Waals surface area (Å²) in [5, 5.41) is 2.81. The van der Waals surface area contributed by atoms with E-state index in [1.54, 1.807) is 22.5 Å². The predicted octanol–water partition coefficient (Wildman–Crippen LogP) is 1.44. The first-order valence-corrected chi connectivity index (χ1v) is 10.6. The van der Waals surface area contributed by atoms with E-state index in [0.717, 1.165) is 37.0 Å². The molecule has 1 saturated heterocycles. The number of piperidine rings is 1. The number of amides is 1. The molecule has 9 heteroatoms. The zero-order chi connectivity index (χ0) is 18.7. The molecule has 3 rings (SSSR count). The van der Waals surface area contributed by atoms with Gasteiger partial charge in [-0.2, -0.15) is 4.31 Å². The molecule has 0 saturated carbocycles. The van der Waals surface area contributed by atoms with Crippen molar-refractivity contribution in [3.8, 4) is 5.75 Å². The number of carbonyl (C=O) groups excluding carboxylic acids is 1. The van der Waals surface area contributed by atoms with Crippen LogP contribution in [0.4, 0.5) is 0 Å². The third-order valence-electron chi connectivity index (χ3n) is 4.95. The van der Waals surface area contributed by atoms with Crippen LogP contribution in [0.2, 0.25) is 0 Å². The second-order valence-corrected chi connectivity index (χ2v) is 8.90. The van der Waals surface area contributed by atoms with E-state index in [-0.39, 0.29) is 43.4 Å². The maximum absolute atomic E-state index is 13.2. The number of halogens is 1. The molecule has 0 aliphatic carbocycles. The summed E-state index contributed by atoms with van der Waals surface area (Å²) >= 11 is 0. The van der Waals surface area contributed by atoms with Gasteiger partial charge in [-0.15, -0.1) is 12.4 Å². The van der Waals surface area contributed by atoms with E-state index in [1.807, 2.05) is 6.92 Å². The molecule has 2 aliphatic rings. The predicted molar refractivity (Wildman–Crippen MR) is 106 cm³/mol. The molecular weight excluding hydrogens is 390 g/mol. The van der Waals surface area contributed by atoms with Gasteiger partial charge in [-0.1, -0.05) is 6.42 Å². The summed E-state index contributed by atoms with van der Waals surface area (Å²) < 4.78 is 33.6. The SMILES string of the molecule is CC1Cc2cc(S(=O)(=O)N3CCCCC3CNC(=O)CCN)ccc2O1.Cl. The van der Waals surface area contributed by atoms with E-state index in [1.165, 1.54) is 0 Å². The molecule has 0 aromatic heterocycles. The van der Waals surface area contributed by atoms with Gasteiger partial charge in [0.2, 0.25) is 15.9 Å². The Labute approximate surface area is 167 Å². The van der Waals surface area contributed by atoms with E-state index in [0.29, 0.717) is 18.0 Å². The Hall–Kier alpha value is -1.35. The molecule has 3 N–H and O–H groups in total. The summed E-state index contributed by atoms with van der Waals surface area (Å²) in [6.45, 7) is 3.06. The second-order valence-electron chi connectivity index (χ2n) is 7.01. The van der Waals surface area contributed by atoms with Crippen molar-refractivity contribution in [2.24, 2.45) is 5.73 Å². The summed E-state index contributed by atoms with van der Waals surface area (Å²) in [5.41, 5.74) is 6.32. The van der Waals surface area contributed by atoms with Gasteiger partial charge in [-0.05, 0) is 43.5 Å². The Morgan fingerprint density at radius 1 is 1.37 bits per heavy atom. The minimum Gasteiger partial charge on any atom is -0.490 e.